The van der Waals surface area contributed by atoms with Crippen molar-refractivity contribution in [3.05, 3.63) is 144 Å². The van der Waals surface area contributed by atoms with Crippen LogP contribution in [0, 0.1) is 11.6 Å². The summed E-state index contributed by atoms with van der Waals surface area (Å²) in [6.07, 6.45) is 11.0. The summed E-state index contributed by atoms with van der Waals surface area (Å²) in [7, 11) is 1.61. The molecule has 4 rings (SSSR count). The Morgan fingerprint density at radius 1 is 1.00 bits per heavy atom. The van der Waals surface area contributed by atoms with E-state index in [1.165, 1.54) is 6.07 Å². The number of halogens is 2. The van der Waals surface area contributed by atoms with Crippen molar-refractivity contribution in [3.8, 4) is 0 Å². The summed E-state index contributed by atoms with van der Waals surface area (Å²) in [5.74, 6) is -2.41. The average molecular weight is 595 g/mol. The van der Waals surface area contributed by atoms with Crippen LogP contribution in [0.25, 0.3) is 5.57 Å². The minimum absolute atomic E-state index is 0.337. The Morgan fingerprint density at radius 2 is 1.70 bits per heavy atom. The first kappa shape index (κ1) is 33.2. The lowest BCUT2D eigenvalue weighted by Gasteiger charge is -2.13. The van der Waals surface area contributed by atoms with Gasteiger partial charge in [-0.2, -0.15) is 0 Å². The van der Waals surface area contributed by atoms with Crippen LogP contribution in [0.5, 0.6) is 0 Å². The molecule has 0 fully saturated rings. The van der Waals surface area contributed by atoms with Gasteiger partial charge < -0.3 is 16.4 Å². The molecule has 0 saturated carbocycles. The molecule has 44 heavy (non-hydrogen) atoms. The summed E-state index contributed by atoms with van der Waals surface area (Å²) >= 11 is 0. The van der Waals surface area contributed by atoms with Gasteiger partial charge in [0.05, 0.1) is 11.4 Å². The Labute approximate surface area is 257 Å². The zero-order valence-electron chi connectivity index (χ0n) is 25.0. The van der Waals surface area contributed by atoms with Gasteiger partial charge in [-0.15, -0.1) is 0 Å². The van der Waals surface area contributed by atoms with E-state index < -0.39 is 23.1 Å². The number of rotatable bonds is 10. The molecule has 7 nitrogen and oxygen atoms in total. The number of benzene rings is 3. The van der Waals surface area contributed by atoms with E-state index in [0.29, 0.717) is 40.7 Å². The standard InChI is InChI=1S/C28H24F2N6O.C7H12/c1-17(24-12-13-33-28(36-24)35-20-8-3-6-18(14-20)16-31)26(32-2)19-7-4-9-21(15-19)34-27(37)25-22(29)10-5-11-23(25)30;1-3-5-7-6-4-2/h3-15H,1,16,31H2,2H3,(H,34,37)(H,33,35,36);3,5-7H,4H2,1-2H3/b;5-3-,7-6-. The van der Waals surface area contributed by atoms with Crippen molar-refractivity contribution in [3.63, 3.8) is 0 Å². The van der Waals surface area contributed by atoms with Crippen LogP contribution in [0.3, 0.4) is 0 Å². The average Bonchev–Trinajstić information content (AvgIpc) is 3.02. The highest BCUT2D eigenvalue weighted by atomic mass is 19.1. The maximum atomic E-state index is 14.0. The molecule has 4 aromatic rings. The van der Waals surface area contributed by atoms with Crippen molar-refractivity contribution in [1.82, 2.24) is 9.97 Å². The topological polar surface area (TPSA) is 105 Å². The second-order valence-electron chi connectivity index (χ2n) is 9.34. The summed E-state index contributed by atoms with van der Waals surface area (Å²) in [5.41, 5.74) is 9.37. The molecule has 4 N–H and O–H groups in total. The largest absolute Gasteiger partial charge is 0.326 e. The second kappa shape index (κ2) is 17.0. The van der Waals surface area contributed by atoms with Crippen molar-refractivity contribution < 1.29 is 13.6 Å². The number of nitrogens with zero attached hydrogens (tertiary/aromatic N) is 3. The molecule has 0 unspecified atom stereocenters. The number of nitrogens with one attached hydrogen (secondary N) is 2. The predicted molar refractivity (Wildman–Crippen MR) is 176 cm³/mol. The van der Waals surface area contributed by atoms with Crippen LogP contribution in [0.15, 0.2) is 115 Å². The highest BCUT2D eigenvalue weighted by Crippen LogP contribution is 2.23. The molecular weight excluding hydrogens is 558 g/mol. The van der Waals surface area contributed by atoms with Crippen LogP contribution >= 0.6 is 0 Å². The van der Waals surface area contributed by atoms with E-state index in [9.17, 15) is 13.6 Å². The lowest BCUT2D eigenvalue weighted by atomic mass is 10.0. The number of allylic oxidation sites excluding steroid dienone is 5. The van der Waals surface area contributed by atoms with Gasteiger partial charge in [-0.25, -0.2) is 18.7 Å². The van der Waals surface area contributed by atoms with Crippen molar-refractivity contribution in [2.24, 2.45) is 10.7 Å². The number of hydrogen-bond acceptors (Lipinski definition) is 6. The summed E-state index contributed by atoms with van der Waals surface area (Å²) in [6.45, 7) is 8.71. The molecule has 1 aromatic heterocycles. The van der Waals surface area contributed by atoms with Gasteiger partial charge in [0.2, 0.25) is 5.95 Å². The van der Waals surface area contributed by atoms with Crippen LogP contribution in [-0.2, 0) is 6.54 Å². The fraction of sp³-hybridized carbons (Fsp3) is 0.143. The quantitative estimate of drug-likeness (QED) is 0.128. The van der Waals surface area contributed by atoms with Gasteiger partial charge in [0.15, 0.2) is 0 Å². The zero-order valence-corrected chi connectivity index (χ0v) is 25.0. The molecule has 0 aliphatic rings. The van der Waals surface area contributed by atoms with Gasteiger partial charge in [0.1, 0.15) is 17.2 Å². The number of carbonyl (C=O) groups excluding carboxylic acids is 1. The van der Waals surface area contributed by atoms with Crippen LogP contribution in [-0.4, -0.2) is 28.6 Å². The Hall–Kier alpha value is -5.28. The smallest absolute Gasteiger partial charge is 0.261 e. The minimum atomic E-state index is -0.944. The third kappa shape index (κ3) is 9.37. The molecule has 0 radical (unpaired) electrons. The van der Waals surface area contributed by atoms with Crippen molar-refractivity contribution in [2.45, 2.75) is 26.8 Å². The summed E-state index contributed by atoms with van der Waals surface area (Å²) in [5, 5.41) is 5.69. The number of anilines is 3. The minimum Gasteiger partial charge on any atom is -0.326 e. The maximum Gasteiger partial charge on any atom is 0.261 e. The van der Waals surface area contributed by atoms with Gasteiger partial charge in [-0.3, -0.25) is 9.79 Å². The van der Waals surface area contributed by atoms with E-state index in [1.807, 2.05) is 43.3 Å². The van der Waals surface area contributed by atoms with Gasteiger partial charge in [-0.1, -0.05) is 68.1 Å². The Morgan fingerprint density at radius 3 is 2.39 bits per heavy atom. The van der Waals surface area contributed by atoms with Gasteiger partial charge in [-0.05, 0) is 61.4 Å². The summed E-state index contributed by atoms with van der Waals surface area (Å²) in [4.78, 5) is 25.7. The zero-order chi connectivity index (χ0) is 31.9. The Kier molecular flexibility index (Phi) is 12.8. The van der Waals surface area contributed by atoms with Crippen LogP contribution in [0.1, 0.15) is 47.4 Å². The number of aromatic nitrogens is 2. The Balaban J connectivity index is 0.000000676. The van der Waals surface area contributed by atoms with Crippen molar-refractivity contribution >= 4 is 34.5 Å². The first-order chi connectivity index (χ1) is 21.3. The molecule has 0 bridgehead atoms. The lowest BCUT2D eigenvalue weighted by Crippen LogP contribution is -2.16. The third-order valence-electron chi connectivity index (χ3n) is 6.15. The fourth-order valence-electron chi connectivity index (χ4n) is 4.03. The van der Waals surface area contributed by atoms with Crippen LogP contribution < -0.4 is 16.4 Å². The van der Waals surface area contributed by atoms with Gasteiger partial charge in [0, 0.05) is 42.3 Å². The number of amides is 1. The third-order valence-corrected chi connectivity index (χ3v) is 6.15. The predicted octanol–water partition coefficient (Wildman–Crippen LogP) is 7.87. The fourth-order valence-corrected chi connectivity index (χ4v) is 4.03. The molecular formula is C35H36F2N6O. The number of carbonyl (C=O) groups is 1. The number of nitrogens with two attached hydrogens (primary N) is 1. The van der Waals surface area contributed by atoms with E-state index in [-0.39, 0.29) is 0 Å². The van der Waals surface area contributed by atoms with E-state index in [4.69, 9.17) is 5.73 Å². The SMILES string of the molecule is C/C=C\C=C/CC.C=C(C(=NC)c1cccc(NC(=O)c2c(F)cccc2F)c1)c1ccnc(Nc2cccc(CN)c2)n1. The summed E-state index contributed by atoms with van der Waals surface area (Å²) < 4.78 is 28.0. The van der Waals surface area contributed by atoms with E-state index in [2.05, 4.69) is 51.2 Å². The first-order valence-electron chi connectivity index (χ1n) is 14.0. The van der Waals surface area contributed by atoms with Crippen LogP contribution in [0.4, 0.5) is 26.1 Å². The lowest BCUT2D eigenvalue weighted by molar-refractivity contribution is 0.101. The van der Waals surface area contributed by atoms with Gasteiger partial charge >= 0.3 is 0 Å². The van der Waals surface area contributed by atoms with Gasteiger partial charge in [0.25, 0.3) is 5.91 Å². The van der Waals surface area contributed by atoms with Crippen molar-refractivity contribution in [2.75, 3.05) is 17.7 Å². The molecule has 0 saturated heterocycles. The monoisotopic (exact) mass is 594 g/mol. The highest BCUT2D eigenvalue weighted by Gasteiger charge is 2.18. The molecule has 0 spiro atoms. The van der Waals surface area contributed by atoms with E-state index in [1.54, 1.807) is 43.6 Å². The molecule has 0 aliphatic heterocycles. The Bertz CT molecular complexity index is 1660. The first-order valence-corrected chi connectivity index (χ1v) is 14.0. The molecule has 0 aliphatic carbocycles. The molecule has 9 heteroatoms. The number of hydrogen-bond donors (Lipinski definition) is 3. The molecule has 0 atom stereocenters. The van der Waals surface area contributed by atoms with E-state index in [0.717, 1.165) is 29.8 Å². The van der Waals surface area contributed by atoms with Crippen LogP contribution in [0.2, 0.25) is 0 Å². The molecule has 1 amide bonds. The molecule has 226 valence electrons. The number of aliphatic imine (C=N–C) groups is 1. The maximum absolute atomic E-state index is 14.0. The summed E-state index contributed by atoms with van der Waals surface area (Å²) in [6, 6.07) is 19.3. The molecule has 1 heterocycles. The van der Waals surface area contributed by atoms with Crippen molar-refractivity contribution in [1.29, 1.82) is 0 Å². The highest BCUT2D eigenvalue weighted by molar-refractivity contribution is 6.31. The molecule has 3 aromatic carbocycles. The second-order valence-corrected chi connectivity index (χ2v) is 9.34. The van der Waals surface area contributed by atoms with E-state index >= 15 is 0 Å². The normalized spacial score (nSPS) is 11.3.